The molecular weight excluding hydrogens is 342 g/mol. The Morgan fingerprint density at radius 2 is 2.11 bits per heavy atom. The monoisotopic (exact) mass is 371 g/mol. The third-order valence-electron chi connectivity index (χ3n) is 5.76. The van der Waals surface area contributed by atoms with Crippen LogP contribution in [0.2, 0.25) is 0 Å². The number of primary amides is 1. The maximum atomic E-state index is 12.9. The molecule has 0 radical (unpaired) electrons. The fraction of sp³-hybridized carbons (Fsp3) is 0.524. The van der Waals surface area contributed by atoms with E-state index in [-0.39, 0.29) is 30.3 Å². The first-order chi connectivity index (χ1) is 13.0. The molecule has 6 heteroatoms. The highest BCUT2D eigenvalue weighted by Crippen LogP contribution is 2.25. The number of carbonyl (C=O) groups is 2. The summed E-state index contributed by atoms with van der Waals surface area (Å²) in [6.45, 7) is 2.84. The first kappa shape index (κ1) is 19.6. The Morgan fingerprint density at radius 3 is 2.78 bits per heavy atom. The molecule has 1 aliphatic heterocycles. The molecular formula is C21H29N3O3. The van der Waals surface area contributed by atoms with Crippen molar-refractivity contribution in [3.8, 4) is 0 Å². The molecule has 1 fully saturated rings. The van der Waals surface area contributed by atoms with Gasteiger partial charge < -0.3 is 20.8 Å². The van der Waals surface area contributed by atoms with E-state index in [0.29, 0.717) is 6.42 Å². The molecule has 6 nitrogen and oxygen atoms in total. The quantitative estimate of drug-likeness (QED) is 0.629. The molecule has 4 N–H and O–H groups in total. The van der Waals surface area contributed by atoms with Gasteiger partial charge in [-0.3, -0.25) is 9.59 Å². The number of fused-ring (bicyclic) bond motifs is 1. The van der Waals surface area contributed by atoms with Gasteiger partial charge in [-0.15, -0.1) is 0 Å². The molecule has 1 aromatic heterocycles. The van der Waals surface area contributed by atoms with E-state index in [1.807, 2.05) is 37.4 Å². The van der Waals surface area contributed by atoms with Gasteiger partial charge in [0.2, 0.25) is 5.91 Å². The number of H-pyrrole nitrogens is 1. The van der Waals surface area contributed by atoms with Crippen molar-refractivity contribution in [2.45, 2.75) is 44.8 Å². The van der Waals surface area contributed by atoms with Crippen molar-refractivity contribution in [2.75, 3.05) is 13.7 Å². The molecule has 0 aliphatic carbocycles. The molecule has 1 saturated heterocycles. The summed E-state index contributed by atoms with van der Waals surface area (Å²) in [5, 5.41) is 4.47. The summed E-state index contributed by atoms with van der Waals surface area (Å²) in [6.07, 6.45) is 4.41. The Balaban J connectivity index is 1.69. The zero-order valence-electron chi connectivity index (χ0n) is 16.0. The highest BCUT2D eigenvalue weighted by atomic mass is 16.5. The first-order valence-corrected chi connectivity index (χ1v) is 9.64. The molecule has 0 unspecified atom stereocenters. The van der Waals surface area contributed by atoms with Gasteiger partial charge in [0.25, 0.3) is 0 Å². The predicted octanol–water partition coefficient (Wildman–Crippen LogP) is 2.17. The fourth-order valence-electron chi connectivity index (χ4n) is 4.16. The number of hydrogen-bond acceptors (Lipinski definition) is 4. The van der Waals surface area contributed by atoms with Crippen LogP contribution in [0.5, 0.6) is 0 Å². The van der Waals surface area contributed by atoms with Crippen LogP contribution in [0.1, 0.15) is 31.7 Å². The maximum absolute atomic E-state index is 12.9. The fourth-order valence-corrected chi connectivity index (χ4v) is 4.16. The summed E-state index contributed by atoms with van der Waals surface area (Å²) in [5.41, 5.74) is 7.66. The van der Waals surface area contributed by atoms with Gasteiger partial charge in [-0.2, -0.15) is 0 Å². The van der Waals surface area contributed by atoms with Crippen LogP contribution in [0.15, 0.2) is 30.5 Å². The molecule has 4 atom stereocenters. The predicted molar refractivity (Wildman–Crippen MR) is 105 cm³/mol. The third-order valence-corrected chi connectivity index (χ3v) is 5.76. The van der Waals surface area contributed by atoms with E-state index in [0.717, 1.165) is 35.9 Å². The standard InChI is InChI=1S/C21H29N3O3/c1-13(20(27-2)18-8-5-9-23-18)19(25)11-14(21(22)26)10-15-12-24-17-7-4-3-6-16(15)17/h3-4,6-7,12-14,18,20,23-24H,5,8-11H2,1-2H3,(H2,22,26)/t13-,14+,18-,20+/m0/s1. The molecule has 1 aliphatic rings. The van der Waals surface area contributed by atoms with Gasteiger partial charge in [-0.25, -0.2) is 0 Å². The van der Waals surface area contributed by atoms with Gasteiger partial charge >= 0.3 is 0 Å². The number of aromatic amines is 1. The van der Waals surface area contributed by atoms with Gasteiger partial charge in [-0.05, 0) is 37.4 Å². The van der Waals surface area contributed by atoms with Crippen molar-refractivity contribution >= 4 is 22.6 Å². The van der Waals surface area contributed by atoms with Crippen molar-refractivity contribution in [3.05, 3.63) is 36.0 Å². The van der Waals surface area contributed by atoms with Gasteiger partial charge in [0.05, 0.1) is 6.10 Å². The second-order valence-corrected chi connectivity index (χ2v) is 7.53. The highest BCUT2D eigenvalue weighted by molar-refractivity contribution is 5.89. The van der Waals surface area contributed by atoms with E-state index in [1.54, 1.807) is 7.11 Å². The van der Waals surface area contributed by atoms with Gasteiger partial charge in [0, 0.05) is 48.5 Å². The Kier molecular flexibility index (Phi) is 6.29. The number of carbonyl (C=O) groups excluding carboxylic acids is 2. The number of amides is 1. The number of methoxy groups -OCH3 is 1. The van der Waals surface area contributed by atoms with Crippen molar-refractivity contribution in [3.63, 3.8) is 0 Å². The number of ether oxygens (including phenoxy) is 1. The van der Waals surface area contributed by atoms with Crippen molar-refractivity contribution in [1.82, 2.24) is 10.3 Å². The Hall–Kier alpha value is -2.18. The molecule has 2 aromatic rings. The Bertz CT molecular complexity index is 795. The minimum absolute atomic E-state index is 0.0270. The van der Waals surface area contributed by atoms with Crippen LogP contribution in [0.4, 0.5) is 0 Å². The van der Waals surface area contributed by atoms with Crippen molar-refractivity contribution < 1.29 is 14.3 Å². The van der Waals surface area contributed by atoms with E-state index >= 15 is 0 Å². The SMILES string of the molecule is CO[C@@H]([C@@H]1CCCN1)[C@@H](C)C(=O)C[C@@H](Cc1c[nH]c2ccccc12)C(N)=O. The van der Waals surface area contributed by atoms with E-state index in [9.17, 15) is 9.59 Å². The van der Waals surface area contributed by atoms with E-state index in [2.05, 4.69) is 10.3 Å². The first-order valence-electron chi connectivity index (χ1n) is 9.64. The second-order valence-electron chi connectivity index (χ2n) is 7.53. The molecule has 1 amide bonds. The molecule has 0 bridgehead atoms. The molecule has 0 spiro atoms. The highest BCUT2D eigenvalue weighted by Gasteiger charge is 2.34. The summed E-state index contributed by atoms with van der Waals surface area (Å²) >= 11 is 0. The van der Waals surface area contributed by atoms with Gasteiger partial charge in [0.1, 0.15) is 5.78 Å². The number of Topliss-reactive ketones (excluding diaryl/α,β-unsaturated/α-hetero) is 1. The van der Waals surface area contributed by atoms with Gasteiger partial charge in [0.15, 0.2) is 0 Å². The minimum atomic E-state index is -0.520. The molecule has 0 saturated carbocycles. The average Bonchev–Trinajstić information content (AvgIpc) is 3.32. The molecule has 2 heterocycles. The number of nitrogens with two attached hydrogens (primary N) is 1. The smallest absolute Gasteiger partial charge is 0.221 e. The lowest BCUT2D eigenvalue weighted by Gasteiger charge is -2.28. The van der Waals surface area contributed by atoms with Crippen LogP contribution < -0.4 is 11.1 Å². The van der Waals surface area contributed by atoms with E-state index in [4.69, 9.17) is 10.5 Å². The summed E-state index contributed by atoms with van der Waals surface area (Å²) in [5.74, 6) is -1.21. The van der Waals surface area contributed by atoms with Crippen LogP contribution in [-0.4, -0.2) is 42.5 Å². The lowest BCUT2D eigenvalue weighted by atomic mass is 9.85. The Labute approximate surface area is 159 Å². The van der Waals surface area contributed by atoms with Crippen LogP contribution in [0.3, 0.4) is 0 Å². The molecule has 3 rings (SSSR count). The largest absolute Gasteiger partial charge is 0.379 e. The number of benzene rings is 1. The summed E-state index contributed by atoms with van der Waals surface area (Å²) in [6, 6.07) is 8.11. The number of hydrogen-bond donors (Lipinski definition) is 3. The van der Waals surface area contributed by atoms with Crippen LogP contribution >= 0.6 is 0 Å². The van der Waals surface area contributed by atoms with Crippen molar-refractivity contribution in [2.24, 2.45) is 17.6 Å². The minimum Gasteiger partial charge on any atom is -0.379 e. The number of aromatic nitrogens is 1. The summed E-state index contributed by atoms with van der Waals surface area (Å²) in [7, 11) is 1.64. The number of nitrogens with one attached hydrogen (secondary N) is 2. The second kappa shape index (κ2) is 8.67. The average molecular weight is 371 g/mol. The van der Waals surface area contributed by atoms with Crippen LogP contribution in [0.25, 0.3) is 10.9 Å². The van der Waals surface area contributed by atoms with Crippen LogP contribution in [-0.2, 0) is 20.7 Å². The zero-order valence-corrected chi connectivity index (χ0v) is 16.0. The van der Waals surface area contributed by atoms with E-state index < -0.39 is 11.8 Å². The van der Waals surface area contributed by atoms with E-state index in [1.165, 1.54) is 0 Å². The van der Waals surface area contributed by atoms with Crippen molar-refractivity contribution in [1.29, 1.82) is 0 Å². The van der Waals surface area contributed by atoms with Gasteiger partial charge in [-0.1, -0.05) is 25.1 Å². The molecule has 27 heavy (non-hydrogen) atoms. The lowest BCUT2D eigenvalue weighted by molar-refractivity contribution is -0.132. The topological polar surface area (TPSA) is 97.2 Å². The third kappa shape index (κ3) is 4.39. The summed E-state index contributed by atoms with van der Waals surface area (Å²) in [4.78, 5) is 28.1. The maximum Gasteiger partial charge on any atom is 0.221 e. The Morgan fingerprint density at radius 1 is 1.33 bits per heavy atom. The lowest BCUT2D eigenvalue weighted by Crippen LogP contribution is -2.44. The van der Waals surface area contributed by atoms with Crippen LogP contribution in [0, 0.1) is 11.8 Å². The normalized spacial score (nSPS) is 20.4. The zero-order chi connectivity index (χ0) is 19.4. The number of ketones is 1. The molecule has 1 aromatic carbocycles. The summed E-state index contributed by atoms with van der Waals surface area (Å²) < 4.78 is 5.62. The molecule has 146 valence electrons. The number of para-hydroxylation sites is 1. The number of rotatable bonds is 9.